The van der Waals surface area contributed by atoms with Crippen LogP contribution in [0.15, 0.2) is 47.3 Å². The zero-order valence-corrected chi connectivity index (χ0v) is 24.8. The summed E-state index contributed by atoms with van der Waals surface area (Å²) in [6, 6.07) is 9.02. The zero-order valence-electron chi connectivity index (χ0n) is 24.8. The third-order valence-electron chi connectivity index (χ3n) is 7.16. The molecule has 0 aliphatic carbocycles. The molecule has 0 unspecified atom stereocenters. The van der Waals surface area contributed by atoms with Crippen LogP contribution in [-0.2, 0) is 15.9 Å². The van der Waals surface area contributed by atoms with Crippen molar-refractivity contribution in [1.29, 1.82) is 0 Å². The summed E-state index contributed by atoms with van der Waals surface area (Å²) in [7, 11) is 0. The van der Waals surface area contributed by atoms with Gasteiger partial charge in [-0.25, -0.2) is 32.9 Å². The SMILES string of the molecule is Cc1c(-c2ccc(C#CC3(O)CCOCC3)nc2[C@H](Cc2cc(F)cc(F)c2)NC(=O)OC(C)(C)C)ccc2n[nH]c(=O)n12. The Morgan fingerprint density at radius 3 is 2.52 bits per heavy atom. The van der Waals surface area contributed by atoms with Gasteiger partial charge in [-0.3, -0.25) is 0 Å². The maximum absolute atomic E-state index is 14.2. The number of fused-ring (bicyclic) bond motifs is 1. The minimum atomic E-state index is -1.24. The van der Waals surface area contributed by atoms with Crippen molar-refractivity contribution in [2.75, 3.05) is 13.2 Å². The first-order valence-corrected chi connectivity index (χ1v) is 14.2. The molecule has 5 rings (SSSR count). The number of rotatable bonds is 5. The summed E-state index contributed by atoms with van der Waals surface area (Å²) in [5, 5.41) is 20.2. The van der Waals surface area contributed by atoms with E-state index < -0.39 is 40.7 Å². The molecule has 3 N–H and O–H groups in total. The van der Waals surface area contributed by atoms with E-state index in [-0.39, 0.29) is 12.0 Å². The highest BCUT2D eigenvalue weighted by atomic mass is 19.1. The van der Waals surface area contributed by atoms with Crippen molar-refractivity contribution in [2.45, 2.75) is 64.2 Å². The molecule has 1 amide bonds. The smallest absolute Gasteiger partial charge is 0.408 e. The third-order valence-corrected chi connectivity index (χ3v) is 7.16. The Kier molecular flexibility index (Phi) is 8.54. The number of pyridine rings is 2. The number of hydrogen-bond acceptors (Lipinski definition) is 7. The van der Waals surface area contributed by atoms with Gasteiger partial charge >= 0.3 is 11.8 Å². The van der Waals surface area contributed by atoms with E-state index in [2.05, 4.69) is 27.4 Å². The molecule has 3 aromatic heterocycles. The number of H-pyrrole nitrogens is 1. The number of nitrogens with one attached hydrogen (secondary N) is 2. The molecule has 0 spiro atoms. The Balaban J connectivity index is 1.67. The van der Waals surface area contributed by atoms with E-state index >= 15 is 0 Å². The quantitative estimate of drug-likeness (QED) is 0.288. The Morgan fingerprint density at radius 1 is 1.16 bits per heavy atom. The number of amides is 1. The molecule has 230 valence electrons. The Morgan fingerprint density at radius 2 is 1.84 bits per heavy atom. The van der Waals surface area contributed by atoms with Crippen LogP contribution in [-0.4, -0.2) is 55.2 Å². The fraction of sp³-hybridized carbons (Fsp3) is 0.375. The number of halogens is 2. The molecule has 12 heteroatoms. The van der Waals surface area contributed by atoms with Gasteiger partial charge in [0.1, 0.15) is 28.5 Å². The lowest BCUT2D eigenvalue weighted by atomic mass is 9.93. The molecule has 0 saturated carbocycles. The molecule has 44 heavy (non-hydrogen) atoms. The number of aromatic nitrogens is 4. The molecule has 4 heterocycles. The van der Waals surface area contributed by atoms with Gasteiger partial charge in [0.15, 0.2) is 5.65 Å². The standard InChI is InChI=1S/C32H33F2N5O5/c1-19-24(7-8-27-37-38-29(40)39(19)27)25-6-5-23(9-10-32(42)11-13-43-14-12-32)35-28(25)26(36-30(41)44-31(2,3)4)17-20-15-21(33)18-22(34)16-20/h5-8,15-16,18,26,42H,11-14,17H2,1-4H3,(H,36,41)(H,38,40)/t26-/m0/s1. The summed E-state index contributed by atoms with van der Waals surface area (Å²) in [6.45, 7) is 7.65. The number of aromatic amines is 1. The minimum absolute atomic E-state index is 0.0565. The second kappa shape index (κ2) is 12.2. The van der Waals surface area contributed by atoms with Crippen molar-refractivity contribution < 1.29 is 28.2 Å². The molecule has 1 saturated heterocycles. The molecular formula is C32H33F2N5O5. The van der Waals surface area contributed by atoms with Crippen LogP contribution < -0.4 is 11.0 Å². The van der Waals surface area contributed by atoms with E-state index in [1.54, 1.807) is 52.0 Å². The van der Waals surface area contributed by atoms with Gasteiger partial charge in [0, 0.05) is 35.7 Å². The number of aliphatic hydroxyl groups is 1. The normalized spacial score (nSPS) is 15.3. The van der Waals surface area contributed by atoms with Crippen LogP contribution >= 0.6 is 0 Å². The first-order valence-electron chi connectivity index (χ1n) is 14.2. The molecular weight excluding hydrogens is 572 g/mol. The van der Waals surface area contributed by atoms with Crippen molar-refractivity contribution in [3.63, 3.8) is 0 Å². The number of carbonyl (C=O) groups excluding carboxylic acids is 1. The second-order valence-electron chi connectivity index (χ2n) is 11.8. The van der Waals surface area contributed by atoms with E-state index in [9.17, 15) is 23.5 Å². The van der Waals surface area contributed by atoms with Gasteiger partial charge < -0.3 is 19.9 Å². The number of carbonyl (C=O) groups is 1. The lowest BCUT2D eigenvalue weighted by Crippen LogP contribution is -2.36. The third kappa shape index (κ3) is 7.12. The number of benzene rings is 1. The highest BCUT2D eigenvalue weighted by Gasteiger charge is 2.28. The summed E-state index contributed by atoms with van der Waals surface area (Å²) in [4.78, 5) is 30.4. The van der Waals surface area contributed by atoms with Crippen LogP contribution in [0.1, 0.15) is 62.3 Å². The molecule has 1 fully saturated rings. The predicted molar refractivity (Wildman–Crippen MR) is 158 cm³/mol. The summed E-state index contributed by atoms with van der Waals surface area (Å²) in [5.74, 6) is 4.32. The van der Waals surface area contributed by atoms with Crippen molar-refractivity contribution in [3.05, 3.63) is 87.2 Å². The van der Waals surface area contributed by atoms with E-state index in [4.69, 9.17) is 14.5 Å². The van der Waals surface area contributed by atoms with Gasteiger partial charge in [0.05, 0.1) is 24.9 Å². The van der Waals surface area contributed by atoms with E-state index in [1.807, 2.05) is 0 Å². The van der Waals surface area contributed by atoms with Crippen LogP contribution in [0, 0.1) is 30.4 Å². The maximum atomic E-state index is 14.2. The minimum Gasteiger partial charge on any atom is -0.444 e. The van der Waals surface area contributed by atoms with Gasteiger partial charge in [-0.1, -0.05) is 5.92 Å². The Labute approximate surface area is 252 Å². The lowest BCUT2D eigenvalue weighted by Gasteiger charge is -2.26. The van der Waals surface area contributed by atoms with Gasteiger partial charge in [0.2, 0.25) is 0 Å². The van der Waals surface area contributed by atoms with Gasteiger partial charge in [-0.05, 0) is 82.0 Å². The largest absolute Gasteiger partial charge is 0.444 e. The fourth-order valence-electron chi connectivity index (χ4n) is 5.11. The molecule has 0 radical (unpaired) electrons. The van der Waals surface area contributed by atoms with Crippen LogP contribution in [0.25, 0.3) is 16.8 Å². The van der Waals surface area contributed by atoms with Gasteiger partial charge in [-0.2, -0.15) is 5.10 Å². The number of alkyl carbamates (subject to hydrolysis) is 1. The summed E-state index contributed by atoms with van der Waals surface area (Å²) >= 11 is 0. The van der Waals surface area contributed by atoms with Gasteiger partial charge in [0.25, 0.3) is 0 Å². The first-order chi connectivity index (χ1) is 20.8. The topological polar surface area (TPSA) is 131 Å². The maximum Gasteiger partial charge on any atom is 0.408 e. The molecule has 1 aliphatic heterocycles. The van der Waals surface area contributed by atoms with Crippen molar-refractivity contribution in [1.82, 2.24) is 24.9 Å². The highest BCUT2D eigenvalue weighted by Crippen LogP contribution is 2.32. The molecule has 4 aromatic rings. The number of aryl methyl sites for hydroxylation is 1. The number of ether oxygens (including phenoxy) is 2. The Bertz CT molecular complexity index is 1810. The molecule has 10 nitrogen and oxygen atoms in total. The Hall–Kier alpha value is -4.60. The molecule has 1 aliphatic rings. The summed E-state index contributed by atoms with van der Waals surface area (Å²) < 4.78 is 40.7. The van der Waals surface area contributed by atoms with Crippen molar-refractivity contribution in [3.8, 4) is 23.0 Å². The highest BCUT2D eigenvalue weighted by molar-refractivity contribution is 5.73. The zero-order chi connectivity index (χ0) is 31.6. The van der Waals surface area contributed by atoms with Gasteiger partial charge in [-0.15, -0.1) is 0 Å². The van der Waals surface area contributed by atoms with E-state index in [0.29, 0.717) is 59.9 Å². The molecule has 0 bridgehead atoms. The van der Waals surface area contributed by atoms with Crippen LogP contribution in [0.2, 0.25) is 0 Å². The number of hydrogen-bond donors (Lipinski definition) is 3. The van der Waals surface area contributed by atoms with Crippen LogP contribution in [0.3, 0.4) is 0 Å². The first kappa shape index (κ1) is 30.8. The monoisotopic (exact) mass is 605 g/mol. The van der Waals surface area contributed by atoms with Crippen LogP contribution in [0.5, 0.6) is 0 Å². The van der Waals surface area contributed by atoms with E-state index in [0.717, 1.165) is 6.07 Å². The fourth-order valence-corrected chi connectivity index (χ4v) is 5.11. The number of nitrogens with zero attached hydrogens (tertiary/aromatic N) is 3. The lowest BCUT2D eigenvalue weighted by molar-refractivity contribution is -0.0262. The van der Waals surface area contributed by atoms with Crippen molar-refractivity contribution >= 4 is 11.7 Å². The van der Waals surface area contributed by atoms with E-state index in [1.165, 1.54) is 16.5 Å². The second-order valence-corrected chi connectivity index (χ2v) is 11.8. The van der Waals surface area contributed by atoms with Crippen LogP contribution in [0.4, 0.5) is 13.6 Å². The molecule has 1 atom stereocenters. The summed E-state index contributed by atoms with van der Waals surface area (Å²) in [5.41, 5.74) is 0.474. The average Bonchev–Trinajstić information content (AvgIpc) is 3.32. The predicted octanol–water partition coefficient (Wildman–Crippen LogP) is 4.37. The summed E-state index contributed by atoms with van der Waals surface area (Å²) in [6.07, 6.45) is -0.132. The average molecular weight is 606 g/mol. The molecule has 1 aromatic carbocycles. The van der Waals surface area contributed by atoms with Crippen molar-refractivity contribution in [2.24, 2.45) is 0 Å².